The summed E-state index contributed by atoms with van der Waals surface area (Å²) in [7, 11) is 0. The lowest BCUT2D eigenvalue weighted by molar-refractivity contribution is -0.117. The Kier molecular flexibility index (Phi) is 6.09. The van der Waals surface area contributed by atoms with Crippen molar-refractivity contribution in [3.05, 3.63) is 83.3 Å². The van der Waals surface area contributed by atoms with Crippen molar-refractivity contribution in [3.8, 4) is 6.07 Å². The van der Waals surface area contributed by atoms with Gasteiger partial charge in [0.2, 0.25) is 0 Å². The van der Waals surface area contributed by atoms with E-state index in [9.17, 15) is 9.18 Å². The first-order valence-corrected chi connectivity index (χ1v) is 7.54. The zero-order chi connectivity index (χ0) is 17.4. The van der Waals surface area contributed by atoms with Gasteiger partial charge < -0.3 is 10.6 Å². The second-order valence-corrected chi connectivity index (χ2v) is 5.28. The molecule has 24 heavy (non-hydrogen) atoms. The van der Waals surface area contributed by atoms with Crippen LogP contribution in [0.5, 0.6) is 0 Å². The molecule has 122 valence electrons. The molecule has 0 aliphatic heterocycles. The molecule has 0 aliphatic rings. The van der Waals surface area contributed by atoms with Crippen molar-refractivity contribution >= 4 is 5.91 Å². The summed E-state index contributed by atoms with van der Waals surface area (Å²) in [6.07, 6.45) is 1.37. The highest BCUT2D eigenvalue weighted by molar-refractivity contribution is 5.97. The van der Waals surface area contributed by atoms with Gasteiger partial charge >= 0.3 is 0 Å². The number of nitrogens with zero attached hydrogens (tertiary/aromatic N) is 1. The lowest BCUT2D eigenvalue weighted by Crippen LogP contribution is -2.28. The number of benzene rings is 2. The smallest absolute Gasteiger partial charge is 0.263 e. The zero-order valence-electron chi connectivity index (χ0n) is 13.3. The number of hydrogen-bond donors (Lipinski definition) is 2. The Bertz CT molecular complexity index is 748. The molecule has 0 aliphatic carbocycles. The molecule has 1 atom stereocenters. The Hall–Kier alpha value is -3.13. The fourth-order valence-corrected chi connectivity index (χ4v) is 2.12. The maximum Gasteiger partial charge on any atom is 0.263 e. The van der Waals surface area contributed by atoms with Crippen LogP contribution in [0.4, 0.5) is 4.39 Å². The number of carbonyl (C=O) groups excluding carboxylic acids is 1. The second-order valence-electron chi connectivity index (χ2n) is 5.28. The number of amides is 1. The highest BCUT2D eigenvalue weighted by atomic mass is 19.1. The van der Waals surface area contributed by atoms with E-state index in [2.05, 4.69) is 10.6 Å². The third-order valence-corrected chi connectivity index (χ3v) is 3.48. The topological polar surface area (TPSA) is 64.9 Å². The van der Waals surface area contributed by atoms with Crippen molar-refractivity contribution in [2.45, 2.75) is 19.5 Å². The molecule has 0 saturated carbocycles. The maximum absolute atomic E-state index is 12.8. The van der Waals surface area contributed by atoms with E-state index in [0.717, 1.165) is 11.1 Å². The molecule has 0 saturated heterocycles. The van der Waals surface area contributed by atoms with Gasteiger partial charge in [-0.25, -0.2) is 4.39 Å². The van der Waals surface area contributed by atoms with Gasteiger partial charge in [-0.15, -0.1) is 0 Å². The Morgan fingerprint density at radius 2 is 1.88 bits per heavy atom. The zero-order valence-corrected chi connectivity index (χ0v) is 13.3. The van der Waals surface area contributed by atoms with Gasteiger partial charge in [0.25, 0.3) is 5.91 Å². The third kappa shape index (κ3) is 4.96. The molecule has 2 aromatic carbocycles. The quantitative estimate of drug-likeness (QED) is 0.634. The number of carbonyl (C=O) groups is 1. The van der Waals surface area contributed by atoms with E-state index in [0.29, 0.717) is 6.54 Å². The molecule has 1 amide bonds. The second kappa shape index (κ2) is 8.49. The Labute approximate surface area is 140 Å². The van der Waals surface area contributed by atoms with Crippen molar-refractivity contribution in [1.29, 1.82) is 5.26 Å². The van der Waals surface area contributed by atoms with Crippen LogP contribution in [0.1, 0.15) is 24.1 Å². The molecule has 2 N–H and O–H groups in total. The summed E-state index contributed by atoms with van der Waals surface area (Å²) < 4.78 is 12.8. The first kappa shape index (κ1) is 17.2. The molecule has 0 aromatic heterocycles. The first-order valence-electron chi connectivity index (χ1n) is 7.54. The van der Waals surface area contributed by atoms with Crippen LogP contribution in [0.2, 0.25) is 0 Å². The van der Waals surface area contributed by atoms with Crippen molar-refractivity contribution in [2.24, 2.45) is 0 Å². The molecule has 0 heterocycles. The summed E-state index contributed by atoms with van der Waals surface area (Å²) in [5.41, 5.74) is 1.80. The third-order valence-electron chi connectivity index (χ3n) is 3.48. The highest BCUT2D eigenvalue weighted by Crippen LogP contribution is 2.11. The van der Waals surface area contributed by atoms with Crippen LogP contribution < -0.4 is 10.6 Å². The van der Waals surface area contributed by atoms with Gasteiger partial charge in [-0.2, -0.15) is 5.26 Å². The van der Waals surface area contributed by atoms with Crippen LogP contribution in [0.25, 0.3) is 0 Å². The van der Waals surface area contributed by atoms with Crippen LogP contribution in [0.3, 0.4) is 0 Å². The fraction of sp³-hybridized carbons (Fsp3) is 0.158. The molecule has 1 unspecified atom stereocenters. The standard InChI is InChI=1S/C19H18FN3O/c1-14(16-5-3-2-4-6-16)23-19(24)17(11-21)13-22-12-15-7-9-18(20)10-8-15/h2-10,13-14,22H,12H2,1H3,(H,23,24)/b17-13-. The minimum Gasteiger partial charge on any atom is -0.386 e. The Balaban J connectivity index is 1.93. The van der Waals surface area contributed by atoms with Crippen molar-refractivity contribution in [3.63, 3.8) is 0 Å². The lowest BCUT2D eigenvalue weighted by atomic mass is 10.1. The normalized spacial score (nSPS) is 12.1. The molecule has 0 radical (unpaired) electrons. The fourth-order valence-electron chi connectivity index (χ4n) is 2.12. The van der Waals surface area contributed by atoms with Gasteiger partial charge in [0.15, 0.2) is 0 Å². The van der Waals surface area contributed by atoms with Gasteiger partial charge in [-0.3, -0.25) is 4.79 Å². The number of halogens is 1. The average molecular weight is 323 g/mol. The number of rotatable bonds is 6. The monoisotopic (exact) mass is 323 g/mol. The molecular weight excluding hydrogens is 305 g/mol. The van der Waals surface area contributed by atoms with E-state index in [1.54, 1.807) is 12.1 Å². The Morgan fingerprint density at radius 1 is 1.21 bits per heavy atom. The number of hydrogen-bond acceptors (Lipinski definition) is 3. The van der Waals surface area contributed by atoms with Gasteiger partial charge in [-0.05, 0) is 30.2 Å². The van der Waals surface area contributed by atoms with Gasteiger partial charge in [0, 0.05) is 12.7 Å². The first-order chi connectivity index (χ1) is 11.6. The van der Waals surface area contributed by atoms with E-state index in [1.807, 2.05) is 43.3 Å². The van der Waals surface area contributed by atoms with Crippen LogP contribution in [-0.4, -0.2) is 5.91 Å². The van der Waals surface area contributed by atoms with Crippen molar-refractivity contribution in [1.82, 2.24) is 10.6 Å². The largest absolute Gasteiger partial charge is 0.386 e. The average Bonchev–Trinajstić information content (AvgIpc) is 2.61. The summed E-state index contributed by atoms with van der Waals surface area (Å²) >= 11 is 0. The molecule has 4 nitrogen and oxygen atoms in total. The van der Waals surface area contributed by atoms with E-state index in [1.165, 1.54) is 18.3 Å². The highest BCUT2D eigenvalue weighted by Gasteiger charge is 2.13. The van der Waals surface area contributed by atoms with Gasteiger partial charge in [0.05, 0.1) is 6.04 Å². The molecule has 2 aromatic rings. The molecule has 0 spiro atoms. The lowest BCUT2D eigenvalue weighted by Gasteiger charge is -2.13. The predicted octanol–water partition coefficient (Wildman–Crippen LogP) is 3.20. The SMILES string of the molecule is CC(NC(=O)/C(C#N)=C\NCc1ccc(F)cc1)c1ccccc1. The minimum atomic E-state index is -0.444. The van der Waals surface area contributed by atoms with E-state index >= 15 is 0 Å². The Morgan fingerprint density at radius 3 is 2.50 bits per heavy atom. The van der Waals surface area contributed by atoms with Crippen LogP contribution in [-0.2, 0) is 11.3 Å². The van der Waals surface area contributed by atoms with Gasteiger partial charge in [-0.1, -0.05) is 42.5 Å². The van der Waals surface area contributed by atoms with E-state index < -0.39 is 5.91 Å². The molecule has 0 fully saturated rings. The molecule has 2 rings (SSSR count). The number of nitriles is 1. The van der Waals surface area contributed by atoms with Crippen LogP contribution >= 0.6 is 0 Å². The molecule has 0 bridgehead atoms. The summed E-state index contributed by atoms with van der Waals surface area (Å²) in [6.45, 7) is 2.25. The van der Waals surface area contributed by atoms with Crippen molar-refractivity contribution in [2.75, 3.05) is 0 Å². The van der Waals surface area contributed by atoms with E-state index in [-0.39, 0.29) is 17.4 Å². The maximum atomic E-state index is 12.8. The van der Waals surface area contributed by atoms with E-state index in [4.69, 9.17) is 5.26 Å². The minimum absolute atomic E-state index is 0.0140. The molecule has 5 heteroatoms. The summed E-state index contributed by atoms with van der Waals surface area (Å²) in [4.78, 5) is 12.2. The molecular formula is C19H18FN3O. The van der Waals surface area contributed by atoms with Gasteiger partial charge in [0.1, 0.15) is 17.5 Å². The predicted molar refractivity (Wildman–Crippen MR) is 89.9 cm³/mol. The van der Waals surface area contributed by atoms with Crippen LogP contribution in [0, 0.1) is 17.1 Å². The number of nitrogens with one attached hydrogen (secondary N) is 2. The van der Waals surface area contributed by atoms with Crippen molar-refractivity contribution < 1.29 is 9.18 Å². The summed E-state index contributed by atoms with van der Waals surface area (Å²) in [5.74, 6) is -0.748. The summed E-state index contributed by atoms with van der Waals surface area (Å²) in [5, 5.41) is 14.8. The summed E-state index contributed by atoms with van der Waals surface area (Å²) in [6, 6.07) is 17.2. The van der Waals surface area contributed by atoms with Crippen LogP contribution in [0.15, 0.2) is 66.4 Å².